The summed E-state index contributed by atoms with van der Waals surface area (Å²) in [7, 11) is 1.39. The molecule has 2 aromatic rings. The molecule has 2 aromatic carbocycles. The van der Waals surface area contributed by atoms with Crippen LogP contribution in [0.25, 0.3) is 0 Å². The molecule has 4 nitrogen and oxygen atoms in total. The fraction of sp³-hybridized carbons (Fsp3) is 0.300. The average Bonchev–Trinajstić information content (AvgIpc) is 3.04. The van der Waals surface area contributed by atoms with E-state index in [-0.39, 0.29) is 17.8 Å². The number of carbonyl (C=O) groups excluding carboxylic acids is 1. The maximum atomic E-state index is 12.0. The highest BCUT2D eigenvalue weighted by atomic mass is 16.5. The largest absolute Gasteiger partial charge is 0.465 e. The molecule has 1 saturated heterocycles. The Bertz CT molecular complexity index is 752. The van der Waals surface area contributed by atoms with Crippen LogP contribution < -0.4 is 0 Å². The zero-order valence-corrected chi connectivity index (χ0v) is 13.7. The predicted octanol–water partition coefficient (Wildman–Crippen LogP) is 3.21. The number of rotatable bonds is 4. The first-order valence-corrected chi connectivity index (χ1v) is 8.06. The molecule has 0 amide bonds. The zero-order valence-electron chi connectivity index (χ0n) is 13.7. The molecular weight excluding hydrogens is 300 g/mol. The molecule has 122 valence electrons. The van der Waals surface area contributed by atoms with Crippen LogP contribution in [-0.4, -0.2) is 31.1 Å². The number of nitrogens with zero attached hydrogens (tertiary/aromatic N) is 2. The van der Waals surface area contributed by atoms with Gasteiger partial charge in [0.1, 0.15) is 0 Å². The van der Waals surface area contributed by atoms with Crippen LogP contribution in [0, 0.1) is 17.2 Å². The van der Waals surface area contributed by atoms with Gasteiger partial charge >= 0.3 is 5.97 Å². The molecule has 1 aliphatic heterocycles. The Morgan fingerprint density at radius 1 is 1.17 bits per heavy atom. The Hall–Kier alpha value is -2.64. The standard InChI is InChI=1S/C20H20N2O2/c1-24-20(23)18-10-6-5-9-17(18)19-14-22(13-16(19)11-21)12-15-7-3-2-4-8-15/h2-10,16,19H,12-14H2,1H3/t16-,19-/m0/s1. The third kappa shape index (κ3) is 3.32. The number of carbonyl (C=O) groups is 1. The van der Waals surface area contributed by atoms with Crippen molar-refractivity contribution in [3.8, 4) is 6.07 Å². The van der Waals surface area contributed by atoms with E-state index in [4.69, 9.17) is 4.74 Å². The molecule has 1 fully saturated rings. The number of nitriles is 1. The number of esters is 1. The Morgan fingerprint density at radius 3 is 2.58 bits per heavy atom. The first kappa shape index (κ1) is 16.2. The Kier molecular flexibility index (Phi) is 4.93. The summed E-state index contributed by atoms with van der Waals surface area (Å²) >= 11 is 0. The van der Waals surface area contributed by atoms with Gasteiger partial charge in [-0.2, -0.15) is 5.26 Å². The van der Waals surface area contributed by atoms with Crippen LogP contribution >= 0.6 is 0 Å². The topological polar surface area (TPSA) is 53.3 Å². The summed E-state index contributed by atoms with van der Waals surface area (Å²) in [5, 5.41) is 9.58. The van der Waals surface area contributed by atoms with Gasteiger partial charge < -0.3 is 4.74 Å². The molecule has 0 radical (unpaired) electrons. The normalized spacial score (nSPS) is 20.5. The fourth-order valence-corrected chi connectivity index (χ4v) is 3.42. The van der Waals surface area contributed by atoms with E-state index in [1.165, 1.54) is 12.7 Å². The zero-order chi connectivity index (χ0) is 16.9. The molecule has 0 N–H and O–H groups in total. The predicted molar refractivity (Wildman–Crippen MR) is 91.3 cm³/mol. The van der Waals surface area contributed by atoms with Crippen LogP contribution in [0.4, 0.5) is 0 Å². The highest BCUT2D eigenvalue weighted by molar-refractivity contribution is 5.91. The molecule has 0 saturated carbocycles. The summed E-state index contributed by atoms with van der Waals surface area (Å²) in [5.41, 5.74) is 2.70. The summed E-state index contributed by atoms with van der Waals surface area (Å²) in [5.74, 6) is -0.447. The highest BCUT2D eigenvalue weighted by Crippen LogP contribution is 2.35. The lowest BCUT2D eigenvalue weighted by atomic mass is 9.87. The molecule has 4 heteroatoms. The Balaban J connectivity index is 1.84. The second-order valence-electron chi connectivity index (χ2n) is 6.10. The van der Waals surface area contributed by atoms with Gasteiger partial charge in [0.15, 0.2) is 0 Å². The van der Waals surface area contributed by atoms with E-state index in [2.05, 4.69) is 23.1 Å². The van der Waals surface area contributed by atoms with E-state index in [9.17, 15) is 10.1 Å². The minimum atomic E-state index is -0.344. The van der Waals surface area contributed by atoms with Gasteiger partial charge in [0.25, 0.3) is 0 Å². The van der Waals surface area contributed by atoms with Crippen LogP contribution in [0.3, 0.4) is 0 Å². The quantitative estimate of drug-likeness (QED) is 0.812. The monoisotopic (exact) mass is 320 g/mol. The van der Waals surface area contributed by atoms with E-state index in [0.717, 1.165) is 18.7 Å². The van der Waals surface area contributed by atoms with Crippen molar-refractivity contribution in [3.63, 3.8) is 0 Å². The van der Waals surface area contributed by atoms with E-state index < -0.39 is 0 Å². The van der Waals surface area contributed by atoms with E-state index >= 15 is 0 Å². The molecule has 1 heterocycles. The van der Waals surface area contributed by atoms with Crippen LogP contribution in [-0.2, 0) is 11.3 Å². The van der Waals surface area contributed by atoms with Crippen molar-refractivity contribution in [1.82, 2.24) is 4.90 Å². The van der Waals surface area contributed by atoms with E-state index in [1.54, 1.807) is 6.07 Å². The van der Waals surface area contributed by atoms with Crippen LogP contribution in [0.1, 0.15) is 27.4 Å². The number of hydrogen-bond acceptors (Lipinski definition) is 4. The lowest BCUT2D eigenvalue weighted by molar-refractivity contribution is 0.0598. The molecule has 0 aromatic heterocycles. The first-order chi connectivity index (χ1) is 11.7. The van der Waals surface area contributed by atoms with Crippen LogP contribution in [0.5, 0.6) is 0 Å². The van der Waals surface area contributed by atoms with Crippen molar-refractivity contribution in [2.75, 3.05) is 20.2 Å². The van der Waals surface area contributed by atoms with E-state index in [0.29, 0.717) is 12.1 Å². The van der Waals surface area contributed by atoms with Gasteiger partial charge in [0.2, 0.25) is 0 Å². The Morgan fingerprint density at radius 2 is 1.88 bits per heavy atom. The molecule has 0 unspecified atom stereocenters. The lowest BCUT2D eigenvalue weighted by Gasteiger charge is -2.18. The van der Waals surface area contributed by atoms with Gasteiger partial charge in [-0.25, -0.2) is 4.79 Å². The number of likely N-dealkylation sites (tertiary alicyclic amines) is 1. The van der Waals surface area contributed by atoms with Gasteiger partial charge in [-0.15, -0.1) is 0 Å². The number of ether oxygens (including phenoxy) is 1. The molecular formula is C20H20N2O2. The van der Waals surface area contributed by atoms with Crippen molar-refractivity contribution < 1.29 is 9.53 Å². The molecule has 24 heavy (non-hydrogen) atoms. The smallest absolute Gasteiger partial charge is 0.338 e. The minimum absolute atomic E-state index is 0.0222. The number of hydrogen-bond donors (Lipinski definition) is 0. The third-order valence-corrected chi connectivity index (χ3v) is 4.58. The van der Waals surface area contributed by atoms with Gasteiger partial charge in [-0.3, -0.25) is 4.90 Å². The third-order valence-electron chi connectivity index (χ3n) is 4.58. The number of methoxy groups -OCH3 is 1. The van der Waals surface area contributed by atoms with E-state index in [1.807, 2.05) is 36.4 Å². The van der Waals surface area contributed by atoms with Crippen LogP contribution in [0.2, 0.25) is 0 Å². The number of benzene rings is 2. The maximum Gasteiger partial charge on any atom is 0.338 e. The Labute approximate surface area is 142 Å². The van der Waals surface area contributed by atoms with Gasteiger partial charge in [0, 0.05) is 25.6 Å². The van der Waals surface area contributed by atoms with Gasteiger partial charge in [-0.1, -0.05) is 48.5 Å². The van der Waals surface area contributed by atoms with Gasteiger partial charge in [-0.05, 0) is 17.2 Å². The molecule has 0 bridgehead atoms. The SMILES string of the molecule is COC(=O)c1ccccc1[C@H]1CN(Cc2ccccc2)C[C@@H]1C#N. The molecule has 3 rings (SSSR count). The van der Waals surface area contributed by atoms with Crippen molar-refractivity contribution in [1.29, 1.82) is 5.26 Å². The summed E-state index contributed by atoms with van der Waals surface area (Å²) < 4.78 is 4.89. The van der Waals surface area contributed by atoms with Crippen LogP contribution in [0.15, 0.2) is 54.6 Å². The highest BCUT2D eigenvalue weighted by Gasteiger charge is 2.35. The molecule has 0 spiro atoms. The summed E-state index contributed by atoms with van der Waals surface area (Å²) in [6.45, 7) is 2.29. The molecule has 1 aliphatic rings. The maximum absolute atomic E-state index is 12.0. The molecule has 2 atom stereocenters. The average molecular weight is 320 g/mol. The van der Waals surface area contributed by atoms with Crippen molar-refractivity contribution in [3.05, 3.63) is 71.3 Å². The lowest BCUT2D eigenvalue weighted by Crippen LogP contribution is -2.20. The summed E-state index contributed by atoms with van der Waals surface area (Å²) in [4.78, 5) is 14.3. The van der Waals surface area contributed by atoms with Gasteiger partial charge in [0.05, 0.1) is 24.7 Å². The second kappa shape index (κ2) is 7.29. The first-order valence-electron chi connectivity index (χ1n) is 8.06. The fourth-order valence-electron chi connectivity index (χ4n) is 3.42. The second-order valence-corrected chi connectivity index (χ2v) is 6.10. The molecule has 0 aliphatic carbocycles. The summed E-state index contributed by atoms with van der Waals surface area (Å²) in [6.07, 6.45) is 0. The van der Waals surface area contributed by atoms with Crippen molar-refractivity contribution in [2.45, 2.75) is 12.5 Å². The minimum Gasteiger partial charge on any atom is -0.465 e. The summed E-state index contributed by atoms with van der Waals surface area (Å²) in [6, 6.07) is 20.1. The van der Waals surface area contributed by atoms with Crippen molar-refractivity contribution in [2.24, 2.45) is 5.92 Å². The van der Waals surface area contributed by atoms with Crippen molar-refractivity contribution >= 4 is 5.97 Å².